The van der Waals surface area contributed by atoms with Crippen molar-refractivity contribution in [1.82, 2.24) is 19.7 Å². The first-order chi connectivity index (χ1) is 19.7. The fraction of sp³-hybridized carbons (Fsp3) is 0.148. The maximum Gasteiger partial charge on any atom is 0.416 e. The minimum absolute atomic E-state index is 0.0556. The van der Waals surface area contributed by atoms with E-state index in [2.05, 4.69) is 15.2 Å². The van der Waals surface area contributed by atoms with Crippen molar-refractivity contribution in [1.29, 1.82) is 0 Å². The number of para-hydroxylation sites is 1. The molecule has 0 unspecified atom stereocenters. The molecule has 0 spiro atoms. The van der Waals surface area contributed by atoms with Gasteiger partial charge in [0.05, 0.1) is 21.7 Å². The summed E-state index contributed by atoms with van der Waals surface area (Å²) in [5.41, 5.74) is -1.90. The minimum atomic E-state index is -5.00. The van der Waals surface area contributed by atoms with Crippen LogP contribution in [0, 0.1) is 6.92 Å². The van der Waals surface area contributed by atoms with E-state index in [0.717, 1.165) is 28.7 Å². The summed E-state index contributed by atoms with van der Waals surface area (Å²) in [5, 5.41) is 9.78. The van der Waals surface area contributed by atoms with Gasteiger partial charge in [0, 0.05) is 16.6 Å². The van der Waals surface area contributed by atoms with Crippen LogP contribution in [0.5, 0.6) is 0 Å². The van der Waals surface area contributed by atoms with Crippen LogP contribution < -0.4 is 0 Å². The molecule has 15 heteroatoms. The Morgan fingerprint density at radius 3 is 2.07 bits per heavy atom. The van der Waals surface area contributed by atoms with Crippen molar-refractivity contribution in [2.75, 3.05) is 0 Å². The zero-order valence-electron chi connectivity index (χ0n) is 21.3. The summed E-state index contributed by atoms with van der Waals surface area (Å²) >= 11 is 1.93. The van der Waals surface area contributed by atoms with E-state index in [1.165, 1.54) is 22.1 Å². The van der Waals surface area contributed by atoms with Crippen molar-refractivity contribution in [3.63, 3.8) is 0 Å². The van der Waals surface area contributed by atoms with Gasteiger partial charge in [-0.05, 0) is 61.2 Å². The minimum Gasteiger partial charge on any atom is -0.273 e. The lowest BCUT2D eigenvalue weighted by molar-refractivity contribution is -0.143. The zero-order chi connectivity index (χ0) is 30.3. The van der Waals surface area contributed by atoms with Crippen LogP contribution in [0.2, 0.25) is 0 Å². The van der Waals surface area contributed by atoms with Gasteiger partial charge < -0.3 is 0 Å². The number of benzene rings is 3. The van der Waals surface area contributed by atoms with Crippen molar-refractivity contribution in [2.24, 2.45) is 0 Å². The third kappa shape index (κ3) is 6.52. The molecule has 218 valence electrons. The highest BCUT2D eigenvalue weighted by Crippen LogP contribution is 2.40. The molecule has 0 fully saturated rings. The predicted octanol–water partition coefficient (Wildman–Crippen LogP) is 7.86. The first kappa shape index (κ1) is 29.8. The number of alkyl halides is 6. The number of hydrogen-bond donors (Lipinski definition) is 0. The summed E-state index contributed by atoms with van der Waals surface area (Å²) in [4.78, 5) is 4.35. The summed E-state index contributed by atoms with van der Waals surface area (Å²) < 4.78 is 108. The number of halogens is 6. The van der Waals surface area contributed by atoms with Gasteiger partial charge in [-0.15, -0.1) is 21.5 Å². The van der Waals surface area contributed by atoms with Gasteiger partial charge in [-0.3, -0.25) is 4.57 Å². The van der Waals surface area contributed by atoms with Gasteiger partial charge in [-0.1, -0.05) is 35.9 Å². The van der Waals surface area contributed by atoms with Crippen LogP contribution in [0.15, 0.2) is 92.6 Å². The zero-order valence-corrected chi connectivity index (χ0v) is 23.8. The number of rotatable bonds is 7. The Labute approximate surface area is 244 Å². The monoisotopic (exact) mass is 640 g/mol. The van der Waals surface area contributed by atoms with Crippen LogP contribution >= 0.6 is 23.1 Å². The molecule has 3 aromatic carbocycles. The first-order valence-corrected chi connectivity index (χ1v) is 15.3. The van der Waals surface area contributed by atoms with Crippen LogP contribution in [0.3, 0.4) is 0 Å². The standard InChI is InChI=1S/C27H18F6N4O2S3/c1-16-7-9-21(10-8-16)42(38,39)15-23-35-36-24(37(23)20-5-3-2-4-6-20)41-25-34-22(14-40-25)17-11-18(26(28,29)30)13-19(12-17)27(31,32)33/h2-14H,15H2,1H3. The lowest BCUT2D eigenvalue weighted by atomic mass is 10.0. The van der Waals surface area contributed by atoms with E-state index in [4.69, 9.17) is 0 Å². The highest BCUT2D eigenvalue weighted by atomic mass is 32.2. The van der Waals surface area contributed by atoms with Gasteiger partial charge >= 0.3 is 12.4 Å². The average molecular weight is 641 g/mol. The van der Waals surface area contributed by atoms with E-state index in [0.29, 0.717) is 17.8 Å². The molecular formula is C27H18F6N4O2S3. The lowest BCUT2D eigenvalue weighted by Gasteiger charge is -2.13. The highest BCUT2D eigenvalue weighted by molar-refractivity contribution is 8.00. The molecule has 0 atom stereocenters. The Morgan fingerprint density at radius 2 is 1.48 bits per heavy atom. The molecular weight excluding hydrogens is 623 g/mol. The summed E-state index contributed by atoms with van der Waals surface area (Å²) in [6.45, 7) is 1.83. The fourth-order valence-electron chi connectivity index (χ4n) is 3.91. The Kier molecular flexibility index (Phi) is 7.94. The van der Waals surface area contributed by atoms with Crippen molar-refractivity contribution >= 4 is 32.9 Å². The van der Waals surface area contributed by atoms with Gasteiger partial charge in [0.1, 0.15) is 5.75 Å². The van der Waals surface area contributed by atoms with Crippen molar-refractivity contribution in [3.05, 3.63) is 101 Å². The van der Waals surface area contributed by atoms with Gasteiger partial charge in [-0.25, -0.2) is 13.4 Å². The maximum absolute atomic E-state index is 13.3. The van der Waals surface area contributed by atoms with E-state index in [1.54, 1.807) is 42.5 Å². The summed E-state index contributed by atoms with van der Waals surface area (Å²) in [6, 6.07) is 16.3. The predicted molar refractivity (Wildman–Crippen MR) is 145 cm³/mol. The molecule has 2 heterocycles. The number of aryl methyl sites for hydroxylation is 1. The molecule has 6 nitrogen and oxygen atoms in total. The quantitative estimate of drug-likeness (QED) is 0.169. The normalized spacial score (nSPS) is 12.5. The van der Waals surface area contributed by atoms with E-state index < -0.39 is 39.1 Å². The smallest absolute Gasteiger partial charge is 0.273 e. The molecule has 0 amide bonds. The summed E-state index contributed by atoms with van der Waals surface area (Å²) in [7, 11) is -3.81. The molecule has 0 bridgehead atoms. The highest BCUT2D eigenvalue weighted by Gasteiger charge is 2.37. The Hall–Kier alpha value is -3.69. The van der Waals surface area contributed by atoms with Crippen LogP contribution in [0.25, 0.3) is 16.9 Å². The van der Waals surface area contributed by atoms with E-state index >= 15 is 0 Å². The fourth-order valence-corrected chi connectivity index (χ4v) is 6.95. The number of hydrogen-bond acceptors (Lipinski definition) is 7. The van der Waals surface area contributed by atoms with Gasteiger partial charge in [0.25, 0.3) is 0 Å². The largest absolute Gasteiger partial charge is 0.416 e. The molecule has 0 N–H and O–H groups in total. The number of nitrogens with zero attached hydrogens (tertiary/aromatic N) is 4. The molecule has 0 saturated carbocycles. The van der Waals surface area contributed by atoms with Gasteiger partial charge in [0.2, 0.25) is 5.16 Å². The van der Waals surface area contributed by atoms with Gasteiger partial charge in [-0.2, -0.15) is 26.3 Å². The molecule has 0 aliphatic heterocycles. The van der Waals surface area contributed by atoms with Crippen LogP contribution in [-0.2, 0) is 27.9 Å². The molecule has 42 heavy (non-hydrogen) atoms. The van der Waals surface area contributed by atoms with Crippen LogP contribution in [0.4, 0.5) is 26.3 Å². The van der Waals surface area contributed by atoms with E-state index in [-0.39, 0.29) is 37.5 Å². The second-order valence-electron chi connectivity index (χ2n) is 9.04. The topological polar surface area (TPSA) is 77.7 Å². The third-order valence-corrected chi connectivity index (χ3v) is 9.47. The van der Waals surface area contributed by atoms with E-state index in [1.807, 2.05) is 6.92 Å². The second-order valence-corrected chi connectivity index (χ2v) is 13.1. The average Bonchev–Trinajstić information content (AvgIpc) is 3.55. The molecule has 0 saturated heterocycles. The Morgan fingerprint density at radius 1 is 0.857 bits per heavy atom. The van der Waals surface area contributed by atoms with E-state index in [9.17, 15) is 34.8 Å². The maximum atomic E-state index is 13.3. The Balaban J connectivity index is 1.50. The van der Waals surface area contributed by atoms with Crippen molar-refractivity contribution in [2.45, 2.75) is 39.4 Å². The summed E-state index contributed by atoms with van der Waals surface area (Å²) in [5.74, 6) is -0.375. The molecule has 0 aliphatic rings. The second kappa shape index (κ2) is 11.2. The van der Waals surface area contributed by atoms with Crippen molar-refractivity contribution in [3.8, 4) is 16.9 Å². The van der Waals surface area contributed by atoms with Crippen LogP contribution in [-0.4, -0.2) is 28.2 Å². The SMILES string of the molecule is Cc1ccc(S(=O)(=O)Cc2nnc(Sc3nc(-c4cc(C(F)(F)F)cc(C(F)(F)F)c4)cs3)n2-c2ccccc2)cc1. The molecule has 5 aromatic rings. The number of sulfone groups is 1. The third-order valence-electron chi connectivity index (χ3n) is 5.96. The number of thiazole rings is 1. The van der Waals surface area contributed by atoms with Crippen molar-refractivity contribution < 1.29 is 34.8 Å². The molecule has 0 radical (unpaired) electrons. The summed E-state index contributed by atoms with van der Waals surface area (Å²) in [6.07, 6.45) is -9.99. The molecule has 2 aromatic heterocycles. The molecule has 5 rings (SSSR count). The Bertz CT molecular complexity index is 1800. The molecule has 0 aliphatic carbocycles. The number of aromatic nitrogens is 4. The van der Waals surface area contributed by atoms with Gasteiger partial charge in [0.15, 0.2) is 20.0 Å². The first-order valence-electron chi connectivity index (χ1n) is 11.9. The lowest BCUT2D eigenvalue weighted by Crippen LogP contribution is -2.11. The van der Waals surface area contributed by atoms with Crippen LogP contribution in [0.1, 0.15) is 22.5 Å².